The number of hydrogen-bond acceptors (Lipinski definition) is 6. The number of hydrogen-bond donors (Lipinski definition) is 1. The van der Waals surface area contributed by atoms with Crippen molar-refractivity contribution in [2.75, 3.05) is 5.32 Å². The molecule has 108 valence electrons. The highest BCUT2D eigenvalue weighted by Gasteiger charge is 2.11. The van der Waals surface area contributed by atoms with E-state index in [-0.39, 0.29) is 11.7 Å². The molecule has 1 aromatic carbocycles. The molecule has 0 radical (unpaired) electrons. The third-order valence-corrected chi connectivity index (χ3v) is 3.12. The van der Waals surface area contributed by atoms with Gasteiger partial charge in [-0.2, -0.15) is 5.26 Å². The van der Waals surface area contributed by atoms with Crippen molar-refractivity contribution in [3.8, 4) is 11.8 Å². The minimum Gasteiger partial charge on any atom is -0.360 e. The summed E-state index contributed by atoms with van der Waals surface area (Å²) in [5, 5.41) is 27.9. The minimum atomic E-state index is -0.0836. The van der Waals surface area contributed by atoms with E-state index in [4.69, 9.17) is 5.26 Å². The van der Waals surface area contributed by atoms with E-state index in [1.165, 1.54) is 0 Å². The molecular weight excluding hydrogens is 278 g/mol. The first-order chi connectivity index (χ1) is 10.8. The normalized spacial score (nSPS) is 11.6. The van der Waals surface area contributed by atoms with Gasteiger partial charge in [0.2, 0.25) is 0 Å². The first kappa shape index (κ1) is 13.7. The van der Waals surface area contributed by atoms with Crippen LogP contribution in [0.25, 0.3) is 5.69 Å². The molecular formula is C15H13N7. The second kappa shape index (κ2) is 6.01. The van der Waals surface area contributed by atoms with Crippen molar-refractivity contribution in [2.24, 2.45) is 0 Å². The van der Waals surface area contributed by atoms with Crippen LogP contribution in [0, 0.1) is 11.3 Å². The van der Waals surface area contributed by atoms with Crippen LogP contribution in [0.2, 0.25) is 0 Å². The number of nitrogens with one attached hydrogen (secondary N) is 1. The fourth-order valence-corrected chi connectivity index (χ4v) is 1.95. The monoisotopic (exact) mass is 291 g/mol. The molecule has 0 saturated heterocycles. The first-order valence-electron chi connectivity index (χ1n) is 6.74. The van der Waals surface area contributed by atoms with Crippen LogP contribution in [0.1, 0.15) is 24.4 Å². The molecule has 0 aliphatic rings. The second-order valence-corrected chi connectivity index (χ2v) is 4.71. The van der Waals surface area contributed by atoms with Gasteiger partial charge in [0, 0.05) is 0 Å². The number of aromatic nitrogens is 5. The smallest absolute Gasteiger partial charge is 0.163 e. The number of anilines is 1. The summed E-state index contributed by atoms with van der Waals surface area (Å²) in [5.41, 5.74) is 2.02. The van der Waals surface area contributed by atoms with E-state index in [0.29, 0.717) is 5.82 Å². The molecule has 2 aromatic heterocycles. The molecule has 0 bridgehead atoms. The third-order valence-electron chi connectivity index (χ3n) is 3.12. The third kappa shape index (κ3) is 2.91. The minimum absolute atomic E-state index is 0.0836. The summed E-state index contributed by atoms with van der Waals surface area (Å²) in [6, 6.07) is 14.9. The molecule has 0 aliphatic heterocycles. The average Bonchev–Trinajstić information content (AvgIpc) is 3.06. The fraction of sp³-hybridized carbons (Fsp3) is 0.133. The highest BCUT2D eigenvalue weighted by molar-refractivity contribution is 5.37. The van der Waals surface area contributed by atoms with Crippen LogP contribution in [-0.2, 0) is 0 Å². The molecule has 1 N–H and O–H groups in total. The maximum absolute atomic E-state index is 8.71. The van der Waals surface area contributed by atoms with Gasteiger partial charge in [0.15, 0.2) is 5.69 Å². The zero-order valence-electron chi connectivity index (χ0n) is 11.9. The number of nitriles is 1. The average molecular weight is 291 g/mol. The van der Waals surface area contributed by atoms with Crippen LogP contribution < -0.4 is 5.32 Å². The van der Waals surface area contributed by atoms with Crippen molar-refractivity contribution in [1.82, 2.24) is 25.2 Å². The van der Waals surface area contributed by atoms with E-state index < -0.39 is 0 Å². The van der Waals surface area contributed by atoms with Gasteiger partial charge in [-0.1, -0.05) is 23.4 Å². The van der Waals surface area contributed by atoms with Crippen LogP contribution >= 0.6 is 0 Å². The van der Waals surface area contributed by atoms with Gasteiger partial charge < -0.3 is 5.32 Å². The van der Waals surface area contributed by atoms with Crippen molar-refractivity contribution >= 4 is 5.82 Å². The van der Waals surface area contributed by atoms with Gasteiger partial charge in [-0.25, -0.2) is 4.68 Å². The van der Waals surface area contributed by atoms with E-state index in [2.05, 4.69) is 25.8 Å². The summed E-state index contributed by atoms with van der Waals surface area (Å²) in [6.07, 6.45) is 1.87. The highest BCUT2D eigenvalue weighted by Crippen LogP contribution is 2.16. The largest absolute Gasteiger partial charge is 0.360 e. The van der Waals surface area contributed by atoms with Gasteiger partial charge in [0.05, 0.1) is 17.9 Å². The van der Waals surface area contributed by atoms with Crippen LogP contribution in [0.3, 0.4) is 0 Å². The SMILES string of the molecule is CC(Nc1ccc(C#N)nn1)c1cn(-c2ccccc2)nn1. The van der Waals surface area contributed by atoms with E-state index in [1.807, 2.05) is 49.5 Å². The van der Waals surface area contributed by atoms with Gasteiger partial charge in [0.25, 0.3) is 0 Å². The zero-order valence-corrected chi connectivity index (χ0v) is 11.9. The van der Waals surface area contributed by atoms with Crippen molar-refractivity contribution in [3.05, 3.63) is 60.0 Å². The summed E-state index contributed by atoms with van der Waals surface area (Å²) < 4.78 is 1.72. The predicted octanol–water partition coefficient (Wildman–Crippen LogP) is 2.10. The summed E-state index contributed by atoms with van der Waals surface area (Å²) in [6.45, 7) is 1.96. The summed E-state index contributed by atoms with van der Waals surface area (Å²) in [7, 11) is 0. The molecule has 0 saturated carbocycles. The van der Waals surface area contributed by atoms with E-state index >= 15 is 0 Å². The summed E-state index contributed by atoms with van der Waals surface area (Å²) in [5.74, 6) is 0.584. The molecule has 2 heterocycles. The number of benzene rings is 1. The molecule has 0 spiro atoms. The number of para-hydroxylation sites is 1. The second-order valence-electron chi connectivity index (χ2n) is 4.71. The molecule has 22 heavy (non-hydrogen) atoms. The molecule has 7 heteroatoms. The maximum Gasteiger partial charge on any atom is 0.163 e. The van der Waals surface area contributed by atoms with Crippen molar-refractivity contribution in [1.29, 1.82) is 5.26 Å². The molecule has 0 aliphatic carbocycles. The molecule has 3 aromatic rings. The Morgan fingerprint density at radius 1 is 1.09 bits per heavy atom. The van der Waals surface area contributed by atoms with E-state index in [1.54, 1.807) is 16.8 Å². The molecule has 1 atom stereocenters. The maximum atomic E-state index is 8.71. The van der Waals surface area contributed by atoms with Crippen LogP contribution in [-0.4, -0.2) is 25.2 Å². The molecule has 7 nitrogen and oxygen atoms in total. The Labute approximate surface area is 127 Å². The van der Waals surface area contributed by atoms with Crippen LogP contribution in [0.15, 0.2) is 48.7 Å². The summed E-state index contributed by atoms with van der Waals surface area (Å²) >= 11 is 0. The number of rotatable bonds is 4. The quantitative estimate of drug-likeness (QED) is 0.791. The Morgan fingerprint density at radius 3 is 2.59 bits per heavy atom. The van der Waals surface area contributed by atoms with Gasteiger partial charge in [-0.3, -0.25) is 0 Å². The predicted molar refractivity (Wildman–Crippen MR) is 80.1 cm³/mol. The zero-order chi connectivity index (χ0) is 15.4. The topological polar surface area (TPSA) is 92.3 Å². The Hall–Kier alpha value is -3.27. The first-order valence-corrected chi connectivity index (χ1v) is 6.74. The van der Waals surface area contributed by atoms with Crippen LogP contribution in [0.4, 0.5) is 5.82 Å². The standard InChI is InChI=1S/C15H13N7/c1-11(17-15-8-7-12(9-16)18-20-15)14-10-22(21-19-14)13-5-3-2-4-6-13/h2-8,10-11H,1H3,(H,17,20). The Balaban J connectivity index is 1.74. The Bertz CT molecular complexity index is 787. The lowest BCUT2D eigenvalue weighted by Crippen LogP contribution is -2.09. The lowest BCUT2D eigenvalue weighted by Gasteiger charge is -2.10. The molecule has 1 unspecified atom stereocenters. The van der Waals surface area contributed by atoms with Gasteiger partial charge in [-0.15, -0.1) is 15.3 Å². The Kier molecular flexibility index (Phi) is 3.74. The number of nitrogens with zero attached hydrogens (tertiary/aromatic N) is 6. The summed E-state index contributed by atoms with van der Waals surface area (Å²) in [4.78, 5) is 0. The van der Waals surface area contributed by atoms with Crippen molar-refractivity contribution in [3.63, 3.8) is 0 Å². The lowest BCUT2D eigenvalue weighted by atomic mass is 10.2. The van der Waals surface area contributed by atoms with Gasteiger partial charge in [0.1, 0.15) is 17.6 Å². The van der Waals surface area contributed by atoms with Gasteiger partial charge in [-0.05, 0) is 31.2 Å². The fourth-order valence-electron chi connectivity index (χ4n) is 1.95. The molecule has 3 rings (SSSR count). The van der Waals surface area contributed by atoms with Crippen molar-refractivity contribution < 1.29 is 0 Å². The van der Waals surface area contributed by atoms with Gasteiger partial charge >= 0.3 is 0 Å². The molecule has 0 fully saturated rings. The Morgan fingerprint density at radius 2 is 1.91 bits per heavy atom. The van der Waals surface area contributed by atoms with E-state index in [9.17, 15) is 0 Å². The lowest BCUT2D eigenvalue weighted by molar-refractivity contribution is 0.777. The van der Waals surface area contributed by atoms with Crippen molar-refractivity contribution in [2.45, 2.75) is 13.0 Å². The van der Waals surface area contributed by atoms with Crippen LogP contribution in [0.5, 0.6) is 0 Å². The highest BCUT2D eigenvalue weighted by atomic mass is 15.4. The molecule has 0 amide bonds. The van der Waals surface area contributed by atoms with E-state index in [0.717, 1.165) is 11.4 Å².